The van der Waals surface area contributed by atoms with E-state index in [0.717, 1.165) is 5.56 Å². The molecule has 144 valence electrons. The summed E-state index contributed by atoms with van der Waals surface area (Å²) in [6, 6.07) is 18.1. The molecule has 3 rings (SSSR count). The van der Waals surface area contributed by atoms with Crippen LogP contribution in [0.3, 0.4) is 0 Å². The Morgan fingerprint density at radius 3 is 2.48 bits per heavy atom. The number of hydrogen-bond acceptors (Lipinski definition) is 3. The number of sulfone groups is 1. The van der Waals surface area contributed by atoms with Crippen molar-refractivity contribution in [3.63, 3.8) is 0 Å². The molecule has 0 saturated heterocycles. The van der Waals surface area contributed by atoms with E-state index < -0.39 is 15.1 Å². The Labute approximate surface area is 161 Å². The number of urea groups is 1. The van der Waals surface area contributed by atoms with Crippen LogP contribution in [0.25, 0.3) is 0 Å². The number of rotatable bonds is 5. The Bertz CT molecular complexity index is 895. The minimum Gasteiger partial charge on any atom is -0.337 e. The third kappa shape index (κ3) is 4.50. The van der Waals surface area contributed by atoms with Crippen LogP contribution in [0, 0.1) is 0 Å². The Morgan fingerprint density at radius 1 is 1.11 bits per heavy atom. The van der Waals surface area contributed by atoms with E-state index in [0.29, 0.717) is 13.1 Å². The second-order valence-corrected chi connectivity index (χ2v) is 9.87. The first-order chi connectivity index (χ1) is 12.9. The molecule has 1 unspecified atom stereocenters. The molecule has 0 spiro atoms. The minimum absolute atomic E-state index is 0.0387. The molecule has 0 aromatic heterocycles. The van der Waals surface area contributed by atoms with Gasteiger partial charge in [0, 0.05) is 25.6 Å². The van der Waals surface area contributed by atoms with Gasteiger partial charge in [0.2, 0.25) is 0 Å². The van der Waals surface area contributed by atoms with Crippen LogP contribution in [0.5, 0.6) is 0 Å². The van der Waals surface area contributed by atoms with Crippen LogP contribution in [0.2, 0.25) is 0 Å². The average molecular weight is 387 g/mol. The molecule has 2 amide bonds. The molecule has 0 fully saturated rings. The van der Waals surface area contributed by atoms with Crippen molar-refractivity contribution in [1.29, 1.82) is 0 Å². The van der Waals surface area contributed by atoms with Crippen LogP contribution in [0.1, 0.15) is 36.5 Å². The molecule has 2 aromatic rings. The third-order valence-corrected chi connectivity index (χ3v) is 7.27. The number of hydrogen-bond donors (Lipinski definition) is 1. The van der Waals surface area contributed by atoms with Gasteiger partial charge in [0.1, 0.15) is 0 Å². The number of carbonyl (C=O) groups is 1. The summed E-state index contributed by atoms with van der Waals surface area (Å²) in [5, 5.41) is 2.34. The molecule has 1 heterocycles. The Balaban J connectivity index is 1.73. The molecule has 2 aromatic carbocycles. The lowest BCUT2D eigenvalue weighted by Gasteiger charge is -2.35. The summed E-state index contributed by atoms with van der Waals surface area (Å²) in [5.41, 5.74) is 3.54. The van der Waals surface area contributed by atoms with Gasteiger partial charge in [-0.2, -0.15) is 0 Å². The predicted molar refractivity (Wildman–Crippen MR) is 107 cm³/mol. The lowest BCUT2D eigenvalue weighted by molar-refractivity contribution is 0.189. The number of nitrogens with one attached hydrogen (secondary N) is 1. The molecule has 0 saturated carbocycles. The summed E-state index contributed by atoms with van der Waals surface area (Å²) in [7, 11) is -3.16. The lowest BCUT2D eigenvalue weighted by Crippen LogP contribution is -2.45. The van der Waals surface area contributed by atoms with Gasteiger partial charge in [0.15, 0.2) is 9.84 Å². The van der Waals surface area contributed by atoms with Gasteiger partial charge in [-0.3, -0.25) is 0 Å². The van der Waals surface area contributed by atoms with Gasteiger partial charge < -0.3 is 10.2 Å². The Hall–Kier alpha value is -2.34. The van der Waals surface area contributed by atoms with E-state index in [4.69, 9.17) is 0 Å². The molecular weight excluding hydrogens is 360 g/mol. The van der Waals surface area contributed by atoms with Crippen molar-refractivity contribution in [2.24, 2.45) is 0 Å². The maximum Gasteiger partial charge on any atom is 0.317 e. The summed E-state index contributed by atoms with van der Waals surface area (Å²) in [5.74, 6) is 0.0736. The summed E-state index contributed by atoms with van der Waals surface area (Å²) in [4.78, 5) is 14.4. The summed E-state index contributed by atoms with van der Waals surface area (Å²) < 4.78 is 23.8. The zero-order valence-corrected chi connectivity index (χ0v) is 16.6. The Kier molecular flexibility index (Phi) is 5.85. The fourth-order valence-electron chi connectivity index (χ4n) is 3.38. The van der Waals surface area contributed by atoms with Crippen molar-refractivity contribution in [2.75, 3.05) is 18.8 Å². The lowest BCUT2D eigenvalue weighted by atomic mass is 9.85. The molecule has 0 radical (unpaired) electrons. The summed E-state index contributed by atoms with van der Waals surface area (Å²) in [6.45, 7) is 4.55. The molecule has 1 aliphatic heterocycles. The van der Waals surface area contributed by atoms with E-state index in [9.17, 15) is 13.2 Å². The van der Waals surface area contributed by atoms with E-state index in [-0.39, 0.29) is 24.2 Å². The van der Waals surface area contributed by atoms with Crippen LogP contribution < -0.4 is 5.32 Å². The molecule has 1 N–H and O–H groups in total. The molecule has 0 aliphatic carbocycles. The number of amides is 2. The van der Waals surface area contributed by atoms with Crippen LogP contribution in [0.4, 0.5) is 4.79 Å². The van der Waals surface area contributed by atoms with Gasteiger partial charge in [0.25, 0.3) is 0 Å². The molecule has 0 bridgehead atoms. The molecular formula is C21H26N2O3S. The Morgan fingerprint density at radius 2 is 1.78 bits per heavy atom. The molecule has 1 aliphatic rings. The zero-order chi connectivity index (χ0) is 19.4. The first-order valence-electron chi connectivity index (χ1n) is 9.25. The van der Waals surface area contributed by atoms with Gasteiger partial charge in [-0.05, 0) is 30.5 Å². The highest BCUT2D eigenvalue weighted by Crippen LogP contribution is 2.33. The fourth-order valence-corrected chi connectivity index (χ4v) is 4.24. The highest BCUT2D eigenvalue weighted by atomic mass is 32.2. The highest BCUT2D eigenvalue weighted by molar-refractivity contribution is 7.92. The first-order valence-corrected chi connectivity index (χ1v) is 11.0. The van der Waals surface area contributed by atoms with E-state index >= 15 is 0 Å². The normalized spacial score (nSPS) is 16.9. The van der Waals surface area contributed by atoms with E-state index in [2.05, 4.69) is 23.5 Å². The fraction of sp³-hybridized carbons (Fsp3) is 0.381. The largest absolute Gasteiger partial charge is 0.337 e. The predicted octanol–water partition coefficient (Wildman–Crippen LogP) is 3.17. The SMILES string of the molecule is CC(C)S(=O)(=O)CCNC(=O)N1Cc2ccccc2C(c2ccccc2)C1. The molecule has 6 heteroatoms. The van der Waals surface area contributed by atoms with Crippen molar-refractivity contribution in [3.8, 4) is 0 Å². The van der Waals surface area contributed by atoms with Crippen molar-refractivity contribution in [3.05, 3.63) is 71.3 Å². The second kappa shape index (κ2) is 8.13. The van der Waals surface area contributed by atoms with Crippen LogP contribution in [0.15, 0.2) is 54.6 Å². The van der Waals surface area contributed by atoms with E-state index in [1.165, 1.54) is 11.1 Å². The van der Waals surface area contributed by atoms with Crippen LogP contribution in [-0.2, 0) is 16.4 Å². The summed E-state index contributed by atoms with van der Waals surface area (Å²) in [6.07, 6.45) is 0. The smallest absolute Gasteiger partial charge is 0.317 e. The molecule has 27 heavy (non-hydrogen) atoms. The number of fused-ring (bicyclic) bond motifs is 1. The van der Waals surface area contributed by atoms with Gasteiger partial charge in [-0.1, -0.05) is 54.6 Å². The van der Waals surface area contributed by atoms with Crippen molar-refractivity contribution in [1.82, 2.24) is 10.2 Å². The number of nitrogens with zero attached hydrogens (tertiary/aromatic N) is 1. The van der Waals surface area contributed by atoms with Crippen molar-refractivity contribution in [2.45, 2.75) is 31.6 Å². The number of benzene rings is 2. The van der Waals surface area contributed by atoms with E-state index in [1.54, 1.807) is 18.7 Å². The monoisotopic (exact) mass is 386 g/mol. The van der Waals surface area contributed by atoms with Crippen LogP contribution in [-0.4, -0.2) is 43.4 Å². The van der Waals surface area contributed by atoms with Gasteiger partial charge in [-0.15, -0.1) is 0 Å². The summed E-state index contributed by atoms with van der Waals surface area (Å²) >= 11 is 0. The van der Waals surface area contributed by atoms with Gasteiger partial charge >= 0.3 is 6.03 Å². The molecule has 5 nitrogen and oxygen atoms in total. The highest BCUT2D eigenvalue weighted by Gasteiger charge is 2.29. The van der Waals surface area contributed by atoms with E-state index in [1.807, 2.05) is 36.4 Å². The van der Waals surface area contributed by atoms with Gasteiger partial charge in [0.05, 0.1) is 11.0 Å². The second-order valence-electron chi connectivity index (χ2n) is 7.19. The molecule has 1 atom stereocenters. The van der Waals surface area contributed by atoms with Crippen molar-refractivity contribution >= 4 is 15.9 Å². The number of carbonyl (C=O) groups excluding carboxylic acids is 1. The van der Waals surface area contributed by atoms with Gasteiger partial charge in [-0.25, -0.2) is 13.2 Å². The van der Waals surface area contributed by atoms with Crippen molar-refractivity contribution < 1.29 is 13.2 Å². The third-order valence-electron chi connectivity index (χ3n) is 5.06. The maximum absolute atomic E-state index is 12.7. The minimum atomic E-state index is -3.16. The topological polar surface area (TPSA) is 66.5 Å². The standard InChI is InChI=1S/C21H26N2O3S/c1-16(2)27(25,26)13-12-22-21(24)23-14-18-10-6-7-11-19(18)20(15-23)17-8-4-3-5-9-17/h3-11,16,20H,12-15H2,1-2H3,(H,22,24). The zero-order valence-electron chi connectivity index (χ0n) is 15.8. The average Bonchev–Trinajstić information content (AvgIpc) is 2.67. The first kappa shape index (κ1) is 19.4. The quantitative estimate of drug-likeness (QED) is 0.858. The maximum atomic E-state index is 12.7. The van der Waals surface area contributed by atoms with Crippen LogP contribution >= 0.6 is 0 Å².